The number of ether oxygens (including phenoxy) is 1. The summed E-state index contributed by atoms with van der Waals surface area (Å²) in [6, 6.07) is 14.9. The topological polar surface area (TPSA) is 67.4 Å². The molecule has 0 aliphatic heterocycles. The van der Waals surface area contributed by atoms with Crippen molar-refractivity contribution in [2.24, 2.45) is 0 Å². The number of benzene rings is 2. The molecule has 2 aromatic rings. The van der Waals surface area contributed by atoms with Gasteiger partial charge in [-0.2, -0.15) is 0 Å². The fourth-order valence-electron chi connectivity index (χ4n) is 2.31. The Hall–Kier alpha value is -2.53. The van der Waals surface area contributed by atoms with E-state index in [4.69, 9.17) is 11.6 Å². The summed E-state index contributed by atoms with van der Waals surface area (Å²) in [4.78, 5) is 23.4. The molecule has 0 bridgehead atoms. The lowest BCUT2D eigenvalue weighted by atomic mass is 10.1. The largest absolute Gasteiger partial charge is 0.465 e. The molecular formula is C19H21ClN2O3. The van der Waals surface area contributed by atoms with Gasteiger partial charge in [-0.1, -0.05) is 41.9 Å². The number of hydrogen-bond acceptors (Lipinski definition) is 4. The van der Waals surface area contributed by atoms with E-state index in [1.807, 2.05) is 18.2 Å². The van der Waals surface area contributed by atoms with E-state index in [1.165, 1.54) is 12.7 Å². The van der Waals surface area contributed by atoms with Crippen LogP contribution in [0.2, 0.25) is 5.02 Å². The fraction of sp³-hybridized carbons (Fsp3) is 0.263. The van der Waals surface area contributed by atoms with Gasteiger partial charge in [0.1, 0.15) is 0 Å². The van der Waals surface area contributed by atoms with Gasteiger partial charge in [-0.25, -0.2) is 4.79 Å². The Bertz CT molecular complexity index is 720. The number of halogens is 1. The lowest BCUT2D eigenvalue weighted by Crippen LogP contribution is -2.30. The zero-order valence-corrected chi connectivity index (χ0v) is 14.8. The first kappa shape index (κ1) is 18.8. The Labute approximate surface area is 152 Å². The van der Waals surface area contributed by atoms with Gasteiger partial charge in [-0.3, -0.25) is 4.79 Å². The Morgan fingerprint density at radius 3 is 2.60 bits per heavy atom. The van der Waals surface area contributed by atoms with Gasteiger partial charge in [0.25, 0.3) is 0 Å². The SMILES string of the molecule is COC(=O)c1ccc(Cl)c(NCC(=O)NCCCc2ccccc2)c1. The number of nitrogens with one attached hydrogen (secondary N) is 2. The third-order valence-corrected chi connectivity index (χ3v) is 3.96. The Morgan fingerprint density at radius 1 is 1.12 bits per heavy atom. The molecule has 0 atom stereocenters. The first-order chi connectivity index (χ1) is 12.1. The summed E-state index contributed by atoms with van der Waals surface area (Å²) < 4.78 is 4.67. The van der Waals surface area contributed by atoms with E-state index in [1.54, 1.807) is 18.2 Å². The molecule has 1 amide bonds. The van der Waals surface area contributed by atoms with Crippen molar-refractivity contribution in [1.82, 2.24) is 5.32 Å². The molecular weight excluding hydrogens is 340 g/mol. The molecule has 0 spiro atoms. The first-order valence-electron chi connectivity index (χ1n) is 8.02. The molecule has 0 aliphatic carbocycles. The van der Waals surface area contributed by atoms with E-state index in [2.05, 4.69) is 27.5 Å². The van der Waals surface area contributed by atoms with Crippen molar-refractivity contribution in [2.75, 3.05) is 25.5 Å². The van der Waals surface area contributed by atoms with Gasteiger partial charge in [0, 0.05) is 6.54 Å². The summed E-state index contributed by atoms with van der Waals surface area (Å²) in [6.07, 6.45) is 1.79. The number of rotatable bonds is 8. The van der Waals surface area contributed by atoms with Crippen LogP contribution in [0.25, 0.3) is 0 Å². The highest BCUT2D eigenvalue weighted by atomic mass is 35.5. The smallest absolute Gasteiger partial charge is 0.337 e. The highest BCUT2D eigenvalue weighted by Gasteiger charge is 2.10. The van der Waals surface area contributed by atoms with Crippen molar-refractivity contribution in [3.8, 4) is 0 Å². The van der Waals surface area contributed by atoms with Gasteiger partial charge < -0.3 is 15.4 Å². The van der Waals surface area contributed by atoms with E-state index < -0.39 is 5.97 Å². The second-order valence-electron chi connectivity index (χ2n) is 5.48. The average molecular weight is 361 g/mol. The molecule has 0 aliphatic rings. The van der Waals surface area contributed by atoms with Crippen LogP contribution >= 0.6 is 11.6 Å². The third kappa shape index (κ3) is 6.12. The monoisotopic (exact) mass is 360 g/mol. The number of carbonyl (C=O) groups excluding carboxylic acids is 2. The molecule has 0 saturated carbocycles. The van der Waals surface area contributed by atoms with Crippen LogP contribution in [0.15, 0.2) is 48.5 Å². The van der Waals surface area contributed by atoms with Crippen molar-refractivity contribution in [1.29, 1.82) is 0 Å². The third-order valence-electron chi connectivity index (χ3n) is 3.63. The number of amides is 1. The lowest BCUT2D eigenvalue weighted by molar-refractivity contribution is -0.119. The van der Waals surface area contributed by atoms with Crippen LogP contribution in [0.3, 0.4) is 0 Å². The molecule has 0 aromatic heterocycles. The van der Waals surface area contributed by atoms with Crippen molar-refractivity contribution in [3.05, 3.63) is 64.7 Å². The van der Waals surface area contributed by atoms with E-state index in [-0.39, 0.29) is 12.5 Å². The van der Waals surface area contributed by atoms with Crippen LogP contribution in [0.4, 0.5) is 5.69 Å². The van der Waals surface area contributed by atoms with Crippen molar-refractivity contribution >= 4 is 29.2 Å². The lowest BCUT2D eigenvalue weighted by Gasteiger charge is -2.10. The average Bonchev–Trinajstić information content (AvgIpc) is 2.64. The predicted octanol–water partition coefficient (Wildman–Crippen LogP) is 3.29. The number of carbonyl (C=O) groups is 2. The van der Waals surface area contributed by atoms with Gasteiger partial charge >= 0.3 is 5.97 Å². The number of aryl methyl sites for hydroxylation is 1. The molecule has 0 fully saturated rings. The van der Waals surface area contributed by atoms with Gasteiger partial charge in [0.05, 0.1) is 29.9 Å². The van der Waals surface area contributed by atoms with E-state index >= 15 is 0 Å². The van der Waals surface area contributed by atoms with Crippen LogP contribution in [-0.2, 0) is 16.0 Å². The fourth-order valence-corrected chi connectivity index (χ4v) is 2.49. The highest BCUT2D eigenvalue weighted by molar-refractivity contribution is 6.33. The molecule has 132 valence electrons. The van der Waals surface area contributed by atoms with Crippen LogP contribution in [0, 0.1) is 0 Å². The number of methoxy groups -OCH3 is 1. The Kier molecular flexibility index (Phi) is 7.29. The molecule has 2 aromatic carbocycles. The molecule has 2 N–H and O–H groups in total. The molecule has 0 unspecified atom stereocenters. The summed E-state index contributed by atoms with van der Waals surface area (Å²) >= 11 is 6.08. The van der Waals surface area contributed by atoms with E-state index in [0.29, 0.717) is 22.8 Å². The molecule has 5 nitrogen and oxygen atoms in total. The van der Waals surface area contributed by atoms with Crippen molar-refractivity contribution in [3.63, 3.8) is 0 Å². The second-order valence-corrected chi connectivity index (χ2v) is 5.89. The Balaban J connectivity index is 1.75. The molecule has 6 heteroatoms. The second kappa shape index (κ2) is 9.69. The van der Waals surface area contributed by atoms with Gasteiger partial charge in [0.2, 0.25) is 5.91 Å². The summed E-state index contributed by atoms with van der Waals surface area (Å²) in [6.45, 7) is 0.682. The minimum Gasteiger partial charge on any atom is -0.465 e. The van der Waals surface area contributed by atoms with E-state index in [0.717, 1.165) is 12.8 Å². The van der Waals surface area contributed by atoms with Crippen molar-refractivity contribution in [2.45, 2.75) is 12.8 Å². The summed E-state index contributed by atoms with van der Waals surface area (Å²) in [7, 11) is 1.31. The first-order valence-corrected chi connectivity index (χ1v) is 8.40. The van der Waals surface area contributed by atoms with E-state index in [9.17, 15) is 9.59 Å². The maximum absolute atomic E-state index is 11.9. The highest BCUT2D eigenvalue weighted by Crippen LogP contribution is 2.23. The molecule has 0 saturated heterocycles. The van der Waals surface area contributed by atoms with Crippen LogP contribution in [0.5, 0.6) is 0 Å². The Morgan fingerprint density at radius 2 is 1.88 bits per heavy atom. The molecule has 0 heterocycles. The van der Waals surface area contributed by atoms with Gasteiger partial charge in [-0.05, 0) is 36.6 Å². The summed E-state index contributed by atoms with van der Waals surface area (Å²) in [5.74, 6) is -0.585. The van der Waals surface area contributed by atoms with Gasteiger partial charge in [0.15, 0.2) is 0 Å². The summed E-state index contributed by atoms with van der Waals surface area (Å²) in [5, 5.41) is 6.23. The normalized spacial score (nSPS) is 10.2. The zero-order valence-electron chi connectivity index (χ0n) is 14.0. The van der Waals surface area contributed by atoms with Crippen LogP contribution in [-0.4, -0.2) is 32.1 Å². The van der Waals surface area contributed by atoms with Crippen LogP contribution in [0.1, 0.15) is 22.3 Å². The number of hydrogen-bond donors (Lipinski definition) is 2. The minimum atomic E-state index is -0.454. The standard InChI is InChI=1S/C19H21ClN2O3/c1-25-19(24)15-9-10-16(20)17(12-15)22-13-18(23)21-11-5-8-14-6-3-2-4-7-14/h2-4,6-7,9-10,12,22H,5,8,11,13H2,1H3,(H,21,23). The zero-order chi connectivity index (χ0) is 18.1. The molecule has 0 radical (unpaired) electrons. The molecule has 25 heavy (non-hydrogen) atoms. The van der Waals surface area contributed by atoms with Crippen LogP contribution < -0.4 is 10.6 Å². The maximum Gasteiger partial charge on any atom is 0.337 e. The number of anilines is 1. The van der Waals surface area contributed by atoms with Gasteiger partial charge in [-0.15, -0.1) is 0 Å². The number of esters is 1. The quantitative estimate of drug-likeness (QED) is 0.560. The predicted molar refractivity (Wildman–Crippen MR) is 99.1 cm³/mol. The van der Waals surface area contributed by atoms with Crippen molar-refractivity contribution < 1.29 is 14.3 Å². The maximum atomic E-state index is 11.9. The summed E-state index contributed by atoms with van der Waals surface area (Å²) in [5.41, 5.74) is 2.14. The molecule has 2 rings (SSSR count). The minimum absolute atomic E-state index is 0.0791.